The van der Waals surface area contributed by atoms with Crippen LogP contribution in [0.15, 0.2) is 0 Å². The molecule has 2 unspecified atom stereocenters. The number of rotatable bonds is 5. The van der Waals surface area contributed by atoms with E-state index in [4.69, 9.17) is 10.5 Å². The molecule has 0 bridgehead atoms. The largest absolute Gasteiger partial charge is 0.469 e. The number of esters is 1. The van der Waals surface area contributed by atoms with Gasteiger partial charge in [0.05, 0.1) is 19.6 Å². The van der Waals surface area contributed by atoms with Gasteiger partial charge in [-0.05, 0) is 12.8 Å². The van der Waals surface area contributed by atoms with Crippen molar-refractivity contribution in [2.75, 3.05) is 33.9 Å². The standard InChI is InChI=1S/C11H22N2O3/c1-15-10-3-5-13(9(7-10)8-12)6-4-11(14)16-2/h9-10H,3-8,12H2,1-2H3. The summed E-state index contributed by atoms with van der Waals surface area (Å²) in [6, 6.07) is 0.323. The van der Waals surface area contributed by atoms with Crippen LogP contribution >= 0.6 is 0 Å². The first-order valence-electron chi connectivity index (χ1n) is 5.75. The predicted molar refractivity (Wildman–Crippen MR) is 61.1 cm³/mol. The van der Waals surface area contributed by atoms with Crippen molar-refractivity contribution >= 4 is 5.97 Å². The normalized spacial score (nSPS) is 26.7. The van der Waals surface area contributed by atoms with Gasteiger partial charge in [-0.3, -0.25) is 9.69 Å². The third kappa shape index (κ3) is 3.73. The van der Waals surface area contributed by atoms with E-state index in [1.807, 2.05) is 0 Å². The van der Waals surface area contributed by atoms with Crippen LogP contribution in [-0.4, -0.2) is 56.9 Å². The smallest absolute Gasteiger partial charge is 0.306 e. The summed E-state index contributed by atoms with van der Waals surface area (Å²) in [5.74, 6) is -0.162. The van der Waals surface area contributed by atoms with Gasteiger partial charge in [0.15, 0.2) is 0 Å². The number of carbonyl (C=O) groups excluding carboxylic acids is 1. The molecule has 1 saturated heterocycles. The van der Waals surface area contributed by atoms with Crippen LogP contribution in [0.3, 0.4) is 0 Å². The summed E-state index contributed by atoms with van der Waals surface area (Å²) in [5, 5.41) is 0. The molecule has 0 aromatic carbocycles. The van der Waals surface area contributed by atoms with E-state index in [0.717, 1.165) is 25.9 Å². The first-order valence-corrected chi connectivity index (χ1v) is 5.75. The van der Waals surface area contributed by atoms with Gasteiger partial charge < -0.3 is 15.2 Å². The molecule has 0 aromatic rings. The van der Waals surface area contributed by atoms with Gasteiger partial charge in [0.25, 0.3) is 0 Å². The summed E-state index contributed by atoms with van der Waals surface area (Å²) in [7, 11) is 3.16. The maximum Gasteiger partial charge on any atom is 0.306 e. The number of ether oxygens (including phenoxy) is 2. The lowest BCUT2D eigenvalue weighted by Gasteiger charge is -2.38. The van der Waals surface area contributed by atoms with Crippen molar-refractivity contribution in [1.29, 1.82) is 0 Å². The molecule has 0 saturated carbocycles. The molecule has 1 aliphatic rings. The minimum atomic E-state index is -0.162. The number of nitrogens with zero attached hydrogens (tertiary/aromatic N) is 1. The van der Waals surface area contributed by atoms with Crippen molar-refractivity contribution in [3.05, 3.63) is 0 Å². The number of methoxy groups -OCH3 is 2. The van der Waals surface area contributed by atoms with Crippen molar-refractivity contribution in [2.24, 2.45) is 5.73 Å². The first kappa shape index (κ1) is 13.4. The fourth-order valence-electron chi connectivity index (χ4n) is 2.15. The number of piperidine rings is 1. The van der Waals surface area contributed by atoms with Crippen LogP contribution in [0.2, 0.25) is 0 Å². The van der Waals surface area contributed by atoms with Crippen LogP contribution in [0, 0.1) is 0 Å². The highest BCUT2D eigenvalue weighted by molar-refractivity contribution is 5.69. The Kier molecular flexibility index (Phi) is 5.73. The Balaban J connectivity index is 2.38. The Labute approximate surface area is 96.9 Å². The topological polar surface area (TPSA) is 64.8 Å². The van der Waals surface area contributed by atoms with E-state index in [1.54, 1.807) is 7.11 Å². The average Bonchev–Trinajstić information content (AvgIpc) is 2.35. The van der Waals surface area contributed by atoms with Gasteiger partial charge >= 0.3 is 5.97 Å². The summed E-state index contributed by atoms with van der Waals surface area (Å²) in [4.78, 5) is 13.3. The SMILES string of the molecule is COC(=O)CCN1CCC(OC)CC1CN. The molecular weight excluding hydrogens is 208 g/mol. The second kappa shape index (κ2) is 6.83. The summed E-state index contributed by atoms with van der Waals surface area (Å²) in [6.45, 7) is 2.28. The molecule has 5 heteroatoms. The fraction of sp³-hybridized carbons (Fsp3) is 0.909. The molecule has 5 nitrogen and oxygen atoms in total. The minimum Gasteiger partial charge on any atom is -0.469 e. The minimum absolute atomic E-state index is 0.162. The van der Waals surface area contributed by atoms with Gasteiger partial charge in [0.2, 0.25) is 0 Å². The Morgan fingerprint density at radius 1 is 1.50 bits per heavy atom. The Hall–Kier alpha value is -0.650. The maximum absolute atomic E-state index is 11.1. The second-order valence-electron chi connectivity index (χ2n) is 4.13. The predicted octanol–water partition coefficient (Wildman–Crippen LogP) is -0.0124. The van der Waals surface area contributed by atoms with Gasteiger partial charge in [-0.25, -0.2) is 0 Å². The molecule has 0 radical (unpaired) electrons. The van der Waals surface area contributed by atoms with Crippen molar-refractivity contribution in [3.8, 4) is 0 Å². The van der Waals surface area contributed by atoms with E-state index in [1.165, 1.54) is 7.11 Å². The monoisotopic (exact) mass is 230 g/mol. The van der Waals surface area contributed by atoms with Crippen LogP contribution in [0.25, 0.3) is 0 Å². The zero-order chi connectivity index (χ0) is 12.0. The third-order valence-electron chi connectivity index (χ3n) is 3.23. The van der Waals surface area contributed by atoms with E-state index in [9.17, 15) is 4.79 Å². The molecule has 2 N–H and O–H groups in total. The van der Waals surface area contributed by atoms with Crippen LogP contribution in [0.4, 0.5) is 0 Å². The van der Waals surface area contributed by atoms with Crippen molar-refractivity contribution in [3.63, 3.8) is 0 Å². The van der Waals surface area contributed by atoms with Crippen LogP contribution in [0.1, 0.15) is 19.3 Å². The average molecular weight is 230 g/mol. The molecule has 2 atom stereocenters. The molecule has 0 aromatic heterocycles. The Bertz CT molecular complexity index is 223. The lowest BCUT2D eigenvalue weighted by atomic mass is 9.99. The molecule has 0 amide bonds. The molecule has 1 fully saturated rings. The van der Waals surface area contributed by atoms with E-state index >= 15 is 0 Å². The number of hydrogen-bond donors (Lipinski definition) is 1. The van der Waals surface area contributed by atoms with Crippen LogP contribution < -0.4 is 5.73 Å². The Morgan fingerprint density at radius 2 is 2.25 bits per heavy atom. The lowest BCUT2D eigenvalue weighted by Crippen LogP contribution is -2.49. The molecule has 0 aliphatic carbocycles. The van der Waals surface area contributed by atoms with Gasteiger partial charge in [0.1, 0.15) is 0 Å². The van der Waals surface area contributed by atoms with Crippen molar-refractivity contribution in [1.82, 2.24) is 4.90 Å². The summed E-state index contributed by atoms with van der Waals surface area (Å²) < 4.78 is 9.98. The van der Waals surface area contributed by atoms with Crippen LogP contribution in [-0.2, 0) is 14.3 Å². The lowest BCUT2D eigenvalue weighted by molar-refractivity contribution is -0.141. The Morgan fingerprint density at radius 3 is 2.81 bits per heavy atom. The summed E-state index contributed by atoms with van der Waals surface area (Å²) >= 11 is 0. The molecule has 0 spiro atoms. The number of nitrogens with two attached hydrogens (primary N) is 1. The van der Waals surface area contributed by atoms with Gasteiger partial charge in [-0.2, -0.15) is 0 Å². The molecule has 1 aliphatic heterocycles. The molecular formula is C11H22N2O3. The highest BCUT2D eigenvalue weighted by Crippen LogP contribution is 2.19. The highest BCUT2D eigenvalue weighted by Gasteiger charge is 2.27. The summed E-state index contributed by atoms with van der Waals surface area (Å²) in [6.07, 6.45) is 2.70. The fourth-order valence-corrected chi connectivity index (χ4v) is 2.15. The zero-order valence-corrected chi connectivity index (χ0v) is 10.1. The molecule has 1 rings (SSSR count). The van der Waals surface area contributed by atoms with E-state index in [0.29, 0.717) is 25.1 Å². The number of carbonyl (C=O) groups is 1. The third-order valence-corrected chi connectivity index (χ3v) is 3.23. The zero-order valence-electron chi connectivity index (χ0n) is 10.1. The van der Waals surface area contributed by atoms with E-state index in [-0.39, 0.29) is 5.97 Å². The van der Waals surface area contributed by atoms with Crippen molar-refractivity contribution < 1.29 is 14.3 Å². The number of hydrogen-bond acceptors (Lipinski definition) is 5. The van der Waals surface area contributed by atoms with E-state index in [2.05, 4.69) is 9.64 Å². The van der Waals surface area contributed by atoms with E-state index < -0.39 is 0 Å². The van der Waals surface area contributed by atoms with Crippen molar-refractivity contribution in [2.45, 2.75) is 31.4 Å². The molecule has 16 heavy (non-hydrogen) atoms. The first-order chi connectivity index (χ1) is 7.71. The van der Waals surface area contributed by atoms with Gasteiger partial charge in [-0.15, -0.1) is 0 Å². The second-order valence-corrected chi connectivity index (χ2v) is 4.13. The summed E-state index contributed by atoms with van der Waals surface area (Å²) in [5.41, 5.74) is 5.74. The number of likely N-dealkylation sites (tertiary alicyclic amines) is 1. The highest BCUT2D eigenvalue weighted by atomic mass is 16.5. The van der Waals surface area contributed by atoms with Gasteiger partial charge in [-0.1, -0.05) is 0 Å². The molecule has 1 heterocycles. The molecule has 94 valence electrons. The van der Waals surface area contributed by atoms with Crippen LogP contribution in [0.5, 0.6) is 0 Å². The van der Waals surface area contributed by atoms with Gasteiger partial charge in [0, 0.05) is 32.8 Å². The quantitative estimate of drug-likeness (QED) is 0.673. The maximum atomic E-state index is 11.1.